The average molecular weight is 335 g/mol. The summed E-state index contributed by atoms with van der Waals surface area (Å²) < 4.78 is 6.03. The molecule has 0 radical (unpaired) electrons. The first-order valence-electron chi connectivity index (χ1n) is 9.48. The Balaban J connectivity index is 1.52. The van der Waals surface area contributed by atoms with Crippen molar-refractivity contribution in [1.82, 2.24) is 4.90 Å². The number of nitrogens with two attached hydrogens (primary N) is 2. The van der Waals surface area contributed by atoms with Crippen molar-refractivity contribution < 1.29 is 14.3 Å². The molecule has 5 rings (SSSR count). The molecule has 0 spiro atoms. The summed E-state index contributed by atoms with van der Waals surface area (Å²) in [4.78, 5) is 27.3. The monoisotopic (exact) mass is 335 g/mol. The van der Waals surface area contributed by atoms with Gasteiger partial charge in [-0.15, -0.1) is 0 Å². The molecular formula is C18H29N3O3. The van der Waals surface area contributed by atoms with E-state index in [-0.39, 0.29) is 24.0 Å². The van der Waals surface area contributed by atoms with Gasteiger partial charge in [-0.25, -0.2) is 0 Å². The van der Waals surface area contributed by atoms with E-state index in [1.54, 1.807) is 0 Å². The average Bonchev–Trinajstić information content (AvgIpc) is 2.98. The van der Waals surface area contributed by atoms with Crippen LogP contribution in [0.25, 0.3) is 0 Å². The van der Waals surface area contributed by atoms with Gasteiger partial charge in [0.1, 0.15) is 12.1 Å². The van der Waals surface area contributed by atoms with Crippen molar-refractivity contribution in [3.63, 3.8) is 0 Å². The number of ether oxygens (including phenoxy) is 1. The first-order valence-corrected chi connectivity index (χ1v) is 9.48. The minimum Gasteiger partial charge on any atom is -0.460 e. The van der Waals surface area contributed by atoms with Crippen LogP contribution in [0, 0.1) is 23.2 Å². The third-order valence-electron chi connectivity index (χ3n) is 7.00. The van der Waals surface area contributed by atoms with Gasteiger partial charge < -0.3 is 16.2 Å². The number of likely N-dealkylation sites (tertiary alicyclic amines) is 1. The zero-order valence-corrected chi connectivity index (χ0v) is 14.3. The van der Waals surface area contributed by atoms with Gasteiger partial charge in [-0.3, -0.25) is 14.5 Å². The second-order valence-corrected chi connectivity index (χ2v) is 8.47. The highest BCUT2D eigenvalue weighted by molar-refractivity contribution is 5.83. The number of hydrogen-bond donors (Lipinski definition) is 2. The highest BCUT2D eigenvalue weighted by atomic mass is 16.5. The number of esters is 1. The summed E-state index contributed by atoms with van der Waals surface area (Å²) in [7, 11) is 0. The molecule has 5 fully saturated rings. The fourth-order valence-electron chi connectivity index (χ4n) is 6.27. The zero-order valence-electron chi connectivity index (χ0n) is 14.3. The van der Waals surface area contributed by atoms with E-state index in [0.717, 1.165) is 51.6 Å². The lowest BCUT2D eigenvalue weighted by molar-refractivity contribution is -0.198. The molecule has 4 unspecified atom stereocenters. The number of amides is 1. The standard InChI is InChI=1S/C18H29N3O3/c19-3-5-21-4-1-2-14(21)16(22)24-15-13-7-11-6-12(8-13)10-18(15,9-11)17(20)23/h11-15H,1-10,19H2,(H2,20,23). The fraction of sp³-hybridized carbons (Fsp3) is 0.889. The summed E-state index contributed by atoms with van der Waals surface area (Å²) in [6.45, 7) is 2.17. The normalized spacial score (nSPS) is 44.0. The molecule has 0 aromatic carbocycles. The predicted molar refractivity (Wildman–Crippen MR) is 88.7 cm³/mol. The van der Waals surface area contributed by atoms with Crippen LogP contribution in [0.2, 0.25) is 0 Å². The molecule has 0 aromatic heterocycles. The van der Waals surface area contributed by atoms with Crippen molar-refractivity contribution in [3.8, 4) is 0 Å². The van der Waals surface area contributed by atoms with Crippen LogP contribution in [-0.2, 0) is 14.3 Å². The zero-order chi connectivity index (χ0) is 16.9. The molecule has 0 aromatic rings. The van der Waals surface area contributed by atoms with E-state index >= 15 is 0 Å². The van der Waals surface area contributed by atoms with Gasteiger partial charge in [0, 0.05) is 13.1 Å². The summed E-state index contributed by atoms with van der Waals surface area (Å²) in [6.07, 6.45) is 6.52. The molecule has 24 heavy (non-hydrogen) atoms. The summed E-state index contributed by atoms with van der Waals surface area (Å²) in [5.74, 6) is 1.07. The maximum Gasteiger partial charge on any atom is 0.323 e. The second-order valence-electron chi connectivity index (χ2n) is 8.47. The van der Waals surface area contributed by atoms with Crippen LogP contribution in [0.5, 0.6) is 0 Å². The van der Waals surface area contributed by atoms with Gasteiger partial charge in [-0.1, -0.05) is 0 Å². The number of hydrogen-bond acceptors (Lipinski definition) is 5. The van der Waals surface area contributed by atoms with Gasteiger partial charge in [-0.05, 0) is 69.2 Å². The van der Waals surface area contributed by atoms with Crippen LogP contribution in [0.3, 0.4) is 0 Å². The Kier molecular flexibility index (Phi) is 4.07. The lowest BCUT2D eigenvalue weighted by atomic mass is 9.48. The number of nitrogens with zero attached hydrogens (tertiary/aromatic N) is 1. The van der Waals surface area contributed by atoms with Gasteiger partial charge in [0.05, 0.1) is 5.41 Å². The summed E-state index contributed by atoms with van der Waals surface area (Å²) in [5.41, 5.74) is 10.9. The molecule has 4 atom stereocenters. The van der Waals surface area contributed by atoms with Crippen molar-refractivity contribution >= 4 is 11.9 Å². The Morgan fingerprint density at radius 2 is 1.88 bits per heavy atom. The quantitative estimate of drug-likeness (QED) is 0.718. The second kappa shape index (κ2) is 5.99. The third kappa shape index (κ3) is 2.46. The van der Waals surface area contributed by atoms with Crippen molar-refractivity contribution in [2.45, 2.75) is 57.1 Å². The smallest absolute Gasteiger partial charge is 0.323 e. The van der Waals surface area contributed by atoms with Crippen molar-refractivity contribution in [3.05, 3.63) is 0 Å². The van der Waals surface area contributed by atoms with E-state index in [1.807, 2.05) is 0 Å². The Morgan fingerprint density at radius 1 is 1.17 bits per heavy atom. The van der Waals surface area contributed by atoms with E-state index in [2.05, 4.69) is 4.90 Å². The maximum atomic E-state index is 12.8. The van der Waals surface area contributed by atoms with Crippen molar-refractivity contribution in [2.75, 3.05) is 19.6 Å². The lowest BCUT2D eigenvalue weighted by Gasteiger charge is -2.58. The van der Waals surface area contributed by atoms with Crippen LogP contribution < -0.4 is 11.5 Å². The summed E-state index contributed by atoms with van der Waals surface area (Å²) in [5, 5.41) is 0. The van der Waals surface area contributed by atoms with Crippen LogP contribution in [0.1, 0.15) is 44.9 Å². The number of primary amides is 1. The van der Waals surface area contributed by atoms with Crippen LogP contribution in [0.15, 0.2) is 0 Å². The predicted octanol–water partition coefficient (Wildman–Crippen LogP) is 0.633. The van der Waals surface area contributed by atoms with Crippen molar-refractivity contribution in [2.24, 2.45) is 34.6 Å². The largest absolute Gasteiger partial charge is 0.460 e. The Labute approximate surface area is 143 Å². The molecule has 4 N–H and O–H groups in total. The minimum atomic E-state index is -0.609. The first kappa shape index (κ1) is 16.3. The fourth-order valence-corrected chi connectivity index (χ4v) is 6.27. The number of carbonyl (C=O) groups excluding carboxylic acids is 2. The molecule has 6 heteroatoms. The highest BCUT2D eigenvalue weighted by Gasteiger charge is 2.62. The van der Waals surface area contributed by atoms with Gasteiger partial charge in [0.2, 0.25) is 5.91 Å². The van der Waals surface area contributed by atoms with E-state index in [9.17, 15) is 9.59 Å². The topological polar surface area (TPSA) is 98.7 Å². The first-order chi connectivity index (χ1) is 11.5. The van der Waals surface area contributed by atoms with Gasteiger partial charge in [0.15, 0.2) is 0 Å². The van der Waals surface area contributed by atoms with Crippen LogP contribution in [-0.4, -0.2) is 48.6 Å². The molecule has 4 saturated carbocycles. The van der Waals surface area contributed by atoms with E-state index in [4.69, 9.17) is 16.2 Å². The Morgan fingerprint density at radius 3 is 2.50 bits per heavy atom. The molecular weight excluding hydrogens is 306 g/mol. The molecule has 1 heterocycles. The molecule has 6 nitrogen and oxygen atoms in total. The van der Waals surface area contributed by atoms with Crippen LogP contribution >= 0.6 is 0 Å². The Bertz CT molecular complexity index is 524. The van der Waals surface area contributed by atoms with Crippen LogP contribution in [0.4, 0.5) is 0 Å². The number of rotatable bonds is 5. The van der Waals surface area contributed by atoms with Gasteiger partial charge in [-0.2, -0.15) is 0 Å². The van der Waals surface area contributed by atoms with Crippen molar-refractivity contribution in [1.29, 1.82) is 0 Å². The van der Waals surface area contributed by atoms with E-state index in [0.29, 0.717) is 24.3 Å². The van der Waals surface area contributed by atoms with Gasteiger partial charge >= 0.3 is 5.97 Å². The molecule has 1 aliphatic heterocycles. The lowest BCUT2D eigenvalue weighted by Crippen LogP contribution is -2.62. The molecule has 4 aliphatic carbocycles. The highest BCUT2D eigenvalue weighted by Crippen LogP contribution is 2.61. The number of carbonyl (C=O) groups is 2. The minimum absolute atomic E-state index is 0.168. The van der Waals surface area contributed by atoms with Gasteiger partial charge in [0.25, 0.3) is 0 Å². The molecule has 134 valence electrons. The molecule has 1 amide bonds. The van der Waals surface area contributed by atoms with E-state index in [1.165, 1.54) is 6.42 Å². The molecule has 4 bridgehead atoms. The summed E-state index contributed by atoms with van der Waals surface area (Å²) >= 11 is 0. The summed E-state index contributed by atoms with van der Waals surface area (Å²) in [6, 6.07) is -0.198. The maximum absolute atomic E-state index is 12.8. The third-order valence-corrected chi connectivity index (χ3v) is 7.00. The molecule has 5 aliphatic rings. The van der Waals surface area contributed by atoms with E-state index < -0.39 is 5.41 Å². The SMILES string of the molecule is NCCN1CCCC1C(=O)OC1C2CC3CC(C2)CC1(C(N)=O)C3. The Hall–Kier alpha value is -1.14. The molecule has 1 saturated heterocycles.